The molecule has 1 atom stereocenters. The van der Waals surface area contributed by atoms with Gasteiger partial charge in [0.25, 0.3) is 0 Å². The van der Waals surface area contributed by atoms with Crippen molar-refractivity contribution in [3.05, 3.63) is 0 Å². The van der Waals surface area contributed by atoms with Crippen molar-refractivity contribution in [2.45, 2.75) is 71.3 Å². The van der Waals surface area contributed by atoms with Gasteiger partial charge in [0.05, 0.1) is 6.42 Å². The van der Waals surface area contributed by atoms with Crippen LogP contribution in [0.15, 0.2) is 0 Å². The van der Waals surface area contributed by atoms with Crippen molar-refractivity contribution in [3.8, 4) is 0 Å². The summed E-state index contributed by atoms with van der Waals surface area (Å²) in [5.74, 6) is -1.53. The fourth-order valence-corrected chi connectivity index (χ4v) is 1.43. The first kappa shape index (κ1) is 16.9. The molecule has 106 valence electrons. The van der Waals surface area contributed by atoms with Crippen molar-refractivity contribution < 1.29 is 24.5 Å². The van der Waals surface area contributed by atoms with Crippen LogP contribution in [-0.4, -0.2) is 23.1 Å². The lowest BCUT2D eigenvalue weighted by Gasteiger charge is -2.04. The molecule has 0 bridgehead atoms. The van der Waals surface area contributed by atoms with Gasteiger partial charge in [-0.3, -0.25) is 0 Å². The molecule has 0 amide bonds. The van der Waals surface area contributed by atoms with Gasteiger partial charge in [-0.25, -0.2) is 19.4 Å². The molecule has 1 unspecified atom stereocenters. The van der Waals surface area contributed by atoms with Crippen LogP contribution in [0.1, 0.15) is 65.2 Å². The molecule has 0 saturated heterocycles. The van der Waals surface area contributed by atoms with Crippen LogP contribution in [0.5, 0.6) is 0 Å². The van der Waals surface area contributed by atoms with Crippen LogP contribution in [0, 0.1) is 0 Å². The number of carbonyl (C=O) groups is 2. The Hall–Kier alpha value is -1.10. The Balaban J connectivity index is 3.35. The normalized spacial score (nSPS) is 11.9. The molecule has 0 aromatic rings. The highest BCUT2D eigenvalue weighted by atomic mass is 17.2. The molecule has 0 aliphatic carbocycles. The Morgan fingerprint density at radius 2 is 1.56 bits per heavy atom. The van der Waals surface area contributed by atoms with E-state index >= 15 is 0 Å². The third-order valence-electron chi connectivity index (χ3n) is 2.54. The summed E-state index contributed by atoms with van der Waals surface area (Å²) < 4.78 is 0. The lowest BCUT2D eigenvalue weighted by molar-refractivity contribution is -0.264. The van der Waals surface area contributed by atoms with Crippen LogP contribution in [0.3, 0.4) is 0 Å². The number of unbranched alkanes of at least 4 members (excludes halogenated alkanes) is 6. The Morgan fingerprint density at radius 3 is 2.11 bits per heavy atom. The summed E-state index contributed by atoms with van der Waals surface area (Å²) in [4.78, 5) is 30.3. The van der Waals surface area contributed by atoms with Gasteiger partial charge in [-0.2, -0.15) is 0 Å². The van der Waals surface area contributed by atoms with Gasteiger partial charge in [0.15, 0.2) is 6.10 Å². The van der Waals surface area contributed by atoms with E-state index in [2.05, 4.69) is 16.7 Å². The second kappa shape index (κ2) is 11.0. The van der Waals surface area contributed by atoms with Crippen LogP contribution >= 0.6 is 0 Å². The van der Waals surface area contributed by atoms with Gasteiger partial charge < -0.3 is 5.11 Å². The summed E-state index contributed by atoms with van der Waals surface area (Å²) in [6.07, 6.45) is 6.70. The lowest BCUT2D eigenvalue weighted by Crippen LogP contribution is -2.21. The van der Waals surface area contributed by atoms with Gasteiger partial charge in [-0.1, -0.05) is 45.4 Å². The highest BCUT2D eigenvalue weighted by molar-refractivity contribution is 5.75. The number of rotatable bonds is 9. The number of aliphatic hydroxyl groups is 1. The molecule has 0 rings (SSSR count). The molecule has 0 spiro atoms. The molecular weight excluding hydrogens is 236 g/mol. The van der Waals surface area contributed by atoms with Gasteiger partial charge in [-0.05, 0) is 13.3 Å². The summed E-state index contributed by atoms with van der Waals surface area (Å²) in [6, 6.07) is 0. The van der Waals surface area contributed by atoms with Crippen LogP contribution in [0.2, 0.25) is 0 Å². The third kappa shape index (κ3) is 10.1. The maximum atomic E-state index is 11.1. The highest BCUT2D eigenvalue weighted by Crippen LogP contribution is 2.08. The van der Waals surface area contributed by atoms with Gasteiger partial charge in [0.2, 0.25) is 0 Å². The second-order valence-electron chi connectivity index (χ2n) is 4.41. The minimum atomic E-state index is -1.28. The van der Waals surface area contributed by atoms with Crippen LogP contribution in [0.4, 0.5) is 0 Å². The van der Waals surface area contributed by atoms with Gasteiger partial charge >= 0.3 is 11.9 Å². The zero-order chi connectivity index (χ0) is 13.8. The first-order chi connectivity index (χ1) is 8.57. The Labute approximate surface area is 108 Å². The van der Waals surface area contributed by atoms with Crippen molar-refractivity contribution in [1.29, 1.82) is 0 Å². The van der Waals surface area contributed by atoms with Gasteiger partial charge in [0.1, 0.15) is 0 Å². The largest absolute Gasteiger partial charge is 0.383 e. The van der Waals surface area contributed by atoms with E-state index in [0.717, 1.165) is 19.3 Å². The fourth-order valence-electron chi connectivity index (χ4n) is 1.43. The average molecular weight is 260 g/mol. The highest BCUT2D eigenvalue weighted by Gasteiger charge is 2.14. The SMILES string of the molecule is CCCCCCCCCC(=O)OOC(=O)C(C)O. The maximum absolute atomic E-state index is 11.1. The summed E-state index contributed by atoms with van der Waals surface area (Å²) in [6.45, 7) is 3.41. The third-order valence-corrected chi connectivity index (χ3v) is 2.54. The number of carbonyl (C=O) groups excluding carboxylic acids is 2. The van der Waals surface area contributed by atoms with Crippen molar-refractivity contribution in [2.75, 3.05) is 0 Å². The zero-order valence-electron chi connectivity index (χ0n) is 11.3. The van der Waals surface area contributed by atoms with E-state index in [9.17, 15) is 9.59 Å². The van der Waals surface area contributed by atoms with Gasteiger partial charge in [0, 0.05) is 0 Å². The number of hydrogen-bond acceptors (Lipinski definition) is 5. The van der Waals surface area contributed by atoms with E-state index < -0.39 is 18.0 Å². The smallest absolute Gasteiger partial charge is 0.382 e. The van der Waals surface area contributed by atoms with Crippen molar-refractivity contribution in [3.63, 3.8) is 0 Å². The minimum Gasteiger partial charge on any atom is -0.382 e. The Bertz CT molecular complexity index is 238. The van der Waals surface area contributed by atoms with Crippen LogP contribution in [0.25, 0.3) is 0 Å². The average Bonchev–Trinajstić information content (AvgIpc) is 2.34. The summed E-state index contributed by atoms with van der Waals surface area (Å²) in [5, 5.41) is 8.78. The molecule has 0 aromatic carbocycles. The van der Waals surface area contributed by atoms with E-state index in [-0.39, 0.29) is 6.42 Å². The van der Waals surface area contributed by atoms with Crippen LogP contribution in [-0.2, 0) is 19.4 Å². The monoisotopic (exact) mass is 260 g/mol. The molecule has 0 saturated carbocycles. The molecule has 0 heterocycles. The molecule has 0 aliphatic heterocycles. The number of aliphatic hydroxyl groups excluding tert-OH is 1. The predicted molar refractivity (Wildman–Crippen MR) is 66.5 cm³/mol. The quantitative estimate of drug-likeness (QED) is 0.392. The first-order valence-electron chi connectivity index (χ1n) is 6.67. The maximum Gasteiger partial charge on any atom is 0.383 e. The van der Waals surface area contributed by atoms with E-state index in [1.807, 2.05) is 0 Å². The van der Waals surface area contributed by atoms with Crippen molar-refractivity contribution in [2.24, 2.45) is 0 Å². The molecule has 0 aromatic heterocycles. The standard InChI is InChI=1S/C13H24O5/c1-3-4-5-6-7-8-9-10-12(15)17-18-13(16)11(2)14/h11,14H,3-10H2,1-2H3. The molecular formula is C13H24O5. The topological polar surface area (TPSA) is 72.8 Å². The fraction of sp³-hybridized carbons (Fsp3) is 0.846. The van der Waals surface area contributed by atoms with Crippen molar-refractivity contribution in [1.82, 2.24) is 0 Å². The molecule has 0 aliphatic rings. The molecule has 0 radical (unpaired) electrons. The molecule has 5 heteroatoms. The van der Waals surface area contributed by atoms with Crippen LogP contribution < -0.4 is 0 Å². The molecule has 0 fully saturated rings. The first-order valence-corrected chi connectivity index (χ1v) is 6.67. The Morgan fingerprint density at radius 1 is 1.00 bits per heavy atom. The summed E-state index contributed by atoms with van der Waals surface area (Å²) in [7, 11) is 0. The zero-order valence-corrected chi connectivity index (χ0v) is 11.3. The van der Waals surface area contributed by atoms with E-state index in [4.69, 9.17) is 5.11 Å². The lowest BCUT2D eigenvalue weighted by atomic mass is 10.1. The minimum absolute atomic E-state index is 0.237. The van der Waals surface area contributed by atoms with E-state index in [1.165, 1.54) is 32.6 Å². The second-order valence-corrected chi connectivity index (χ2v) is 4.41. The summed E-state index contributed by atoms with van der Waals surface area (Å²) in [5.41, 5.74) is 0. The Kier molecular flexibility index (Phi) is 10.3. The summed E-state index contributed by atoms with van der Waals surface area (Å²) >= 11 is 0. The number of hydrogen-bond donors (Lipinski definition) is 1. The van der Waals surface area contributed by atoms with Gasteiger partial charge in [-0.15, -0.1) is 0 Å². The predicted octanol–water partition coefficient (Wildman–Crippen LogP) is 2.51. The molecule has 5 nitrogen and oxygen atoms in total. The molecule has 18 heavy (non-hydrogen) atoms. The molecule has 1 N–H and O–H groups in total. The van der Waals surface area contributed by atoms with Crippen molar-refractivity contribution >= 4 is 11.9 Å². The van der Waals surface area contributed by atoms with E-state index in [1.54, 1.807) is 0 Å². The van der Waals surface area contributed by atoms with E-state index in [0.29, 0.717) is 0 Å².